The minimum Gasteiger partial charge on any atom is -0.428 e. The molecule has 0 saturated carbocycles. The van der Waals surface area contributed by atoms with Crippen LogP contribution in [0.25, 0.3) is 0 Å². The van der Waals surface area contributed by atoms with Gasteiger partial charge in [-0.15, -0.1) is 0 Å². The third-order valence-corrected chi connectivity index (χ3v) is 3.58. The van der Waals surface area contributed by atoms with E-state index in [-0.39, 0.29) is 0 Å². The smallest absolute Gasteiger partial charge is 0.214 e. The number of hydrogen-bond donors (Lipinski definition) is 2. The van der Waals surface area contributed by atoms with Gasteiger partial charge in [0.2, 0.25) is 8.32 Å². The van der Waals surface area contributed by atoms with Gasteiger partial charge < -0.3 is 10.1 Å². The second kappa shape index (κ2) is 3.29. The molecule has 1 aromatic carbocycles. The first-order chi connectivity index (χ1) is 5.54. The maximum absolute atomic E-state index is 9.82. The lowest BCUT2D eigenvalue weighted by atomic mass is 10.3. The van der Waals surface area contributed by atoms with E-state index in [0.29, 0.717) is 0 Å². The summed E-state index contributed by atoms with van der Waals surface area (Å²) in [5, 5.41) is 4.11. The summed E-state index contributed by atoms with van der Waals surface area (Å²) in [7, 11) is -0.241. The predicted molar refractivity (Wildman–Crippen MR) is 55.3 cm³/mol. The van der Waals surface area contributed by atoms with E-state index in [1.165, 1.54) is 0 Å². The molecule has 0 amide bonds. The Morgan fingerprint density at radius 1 is 1.33 bits per heavy atom. The van der Waals surface area contributed by atoms with Crippen LogP contribution in [0.2, 0.25) is 13.1 Å². The van der Waals surface area contributed by atoms with Crippen LogP contribution < -0.4 is 10.5 Å². The van der Waals surface area contributed by atoms with Crippen LogP contribution in [0.4, 0.5) is 5.69 Å². The molecule has 0 aliphatic carbocycles. The van der Waals surface area contributed by atoms with Crippen molar-refractivity contribution in [2.45, 2.75) is 13.1 Å². The third kappa shape index (κ3) is 2.09. The van der Waals surface area contributed by atoms with Gasteiger partial charge >= 0.3 is 0 Å². The van der Waals surface area contributed by atoms with Crippen molar-refractivity contribution in [1.29, 1.82) is 0 Å². The van der Waals surface area contributed by atoms with E-state index in [9.17, 15) is 4.80 Å². The minimum atomic E-state index is -2.12. The number of rotatable bonds is 2. The Hall–Kier alpha value is -0.803. The second-order valence-corrected chi connectivity index (χ2v) is 7.09. The van der Waals surface area contributed by atoms with Crippen molar-refractivity contribution in [2.75, 3.05) is 12.4 Å². The van der Waals surface area contributed by atoms with Gasteiger partial charge in [-0.1, -0.05) is 12.1 Å². The molecule has 66 valence electrons. The fourth-order valence-electron chi connectivity index (χ4n) is 1.06. The summed E-state index contributed by atoms with van der Waals surface area (Å²) in [6, 6.07) is 7.94. The zero-order valence-corrected chi connectivity index (χ0v) is 8.76. The minimum absolute atomic E-state index is 1.06. The molecule has 0 spiro atoms. The van der Waals surface area contributed by atoms with Crippen LogP contribution in [0.15, 0.2) is 24.3 Å². The standard InChI is InChI=1S/C9H15NOSi/c1-10-8-5-4-6-9(7-8)12(2,3)11/h4-7,10-11H,1-3H3. The Bertz CT molecular complexity index is 267. The molecule has 0 fully saturated rings. The van der Waals surface area contributed by atoms with Crippen molar-refractivity contribution in [2.24, 2.45) is 0 Å². The van der Waals surface area contributed by atoms with Gasteiger partial charge in [-0.25, -0.2) is 0 Å². The molecule has 0 aliphatic rings. The predicted octanol–water partition coefficient (Wildman–Crippen LogP) is 1.13. The van der Waals surface area contributed by atoms with E-state index in [2.05, 4.69) is 5.32 Å². The van der Waals surface area contributed by atoms with E-state index in [4.69, 9.17) is 0 Å². The zero-order chi connectivity index (χ0) is 9.19. The summed E-state index contributed by atoms with van der Waals surface area (Å²) in [6.07, 6.45) is 0. The Morgan fingerprint density at radius 3 is 2.50 bits per heavy atom. The molecule has 0 aromatic heterocycles. The first-order valence-electron chi connectivity index (χ1n) is 4.04. The number of anilines is 1. The number of benzene rings is 1. The van der Waals surface area contributed by atoms with Crippen LogP contribution in [0.5, 0.6) is 0 Å². The Balaban J connectivity index is 3.02. The lowest BCUT2D eigenvalue weighted by Crippen LogP contribution is -2.41. The van der Waals surface area contributed by atoms with Gasteiger partial charge in [-0.3, -0.25) is 0 Å². The quantitative estimate of drug-likeness (QED) is 0.670. The van der Waals surface area contributed by atoms with Gasteiger partial charge in [0.25, 0.3) is 0 Å². The summed E-state index contributed by atoms with van der Waals surface area (Å²) in [6.45, 7) is 3.84. The molecule has 1 aromatic rings. The van der Waals surface area contributed by atoms with Gasteiger partial charge in [0.05, 0.1) is 0 Å². The van der Waals surface area contributed by atoms with E-state index in [0.717, 1.165) is 10.9 Å². The highest BCUT2D eigenvalue weighted by molar-refractivity contribution is 6.83. The zero-order valence-electron chi connectivity index (χ0n) is 7.76. The molecule has 0 heterocycles. The normalized spacial score (nSPS) is 11.3. The lowest BCUT2D eigenvalue weighted by molar-refractivity contribution is 0.568. The Morgan fingerprint density at radius 2 is 2.00 bits per heavy atom. The average Bonchev–Trinajstić information content (AvgIpc) is 2.03. The highest BCUT2D eigenvalue weighted by Crippen LogP contribution is 2.06. The first-order valence-corrected chi connectivity index (χ1v) is 6.99. The molecule has 0 atom stereocenters. The van der Waals surface area contributed by atoms with E-state index in [1.54, 1.807) is 0 Å². The molecule has 3 heteroatoms. The first kappa shape index (κ1) is 9.29. The summed E-state index contributed by atoms with van der Waals surface area (Å²) < 4.78 is 0. The number of hydrogen-bond acceptors (Lipinski definition) is 2. The SMILES string of the molecule is CNc1cccc([Si](C)(C)O)c1. The van der Waals surface area contributed by atoms with Crippen molar-refractivity contribution in [1.82, 2.24) is 0 Å². The third-order valence-electron chi connectivity index (χ3n) is 1.86. The van der Waals surface area contributed by atoms with Crippen LogP contribution in [0, 0.1) is 0 Å². The van der Waals surface area contributed by atoms with Gasteiger partial charge in [0.1, 0.15) is 0 Å². The van der Waals surface area contributed by atoms with Gasteiger partial charge in [0, 0.05) is 12.7 Å². The highest BCUT2D eigenvalue weighted by Gasteiger charge is 2.19. The molecule has 0 unspecified atom stereocenters. The van der Waals surface area contributed by atoms with Crippen LogP contribution in [-0.4, -0.2) is 20.2 Å². The van der Waals surface area contributed by atoms with Crippen molar-refractivity contribution < 1.29 is 4.80 Å². The molecule has 0 aliphatic heterocycles. The Kier molecular flexibility index (Phi) is 2.54. The van der Waals surface area contributed by atoms with Crippen LogP contribution in [-0.2, 0) is 0 Å². The monoisotopic (exact) mass is 181 g/mol. The largest absolute Gasteiger partial charge is 0.428 e. The molecule has 2 N–H and O–H groups in total. The average molecular weight is 181 g/mol. The van der Waals surface area contributed by atoms with Crippen molar-refractivity contribution in [3.05, 3.63) is 24.3 Å². The molecule has 1 rings (SSSR count). The molecule has 0 bridgehead atoms. The fraction of sp³-hybridized carbons (Fsp3) is 0.333. The fourth-order valence-corrected chi connectivity index (χ4v) is 2.07. The highest BCUT2D eigenvalue weighted by atomic mass is 28.4. The molecule has 0 saturated heterocycles. The maximum Gasteiger partial charge on any atom is 0.214 e. The maximum atomic E-state index is 9.82. The van der Waals surface area contributed by atoms with Crippen molar-refractivity contribution in [3.63, 3.8) is 0 Å². The summed E-state index contributed by atoms with van der Waals surface area (Å²) >= 11 is 0. The van der Waals surface area contributed by atoms with Gasteiger partial charge in [-0.05, 0) is 30.4 Å². The van der Waals surface area contributed by atoms with Crippen molar-refractivity contribution >= 4 is 19.2 Å². The summed E-state index contributed by atoms with van der Waals surface area (Å²) in [5.41, 5.74) is 1.06. The van der Waals surface area contributed by atoms with E-state index >= 15 is 0 Å². The number of nitrogens with one attached hydrogen (secondary N) is 1. The van der Waals surface area contributed by atoms with E-state index in [1.807, 2.05) is 44.4 Å². The van der Waals surface area contributed by atoms with E-state index < -0.39 is 8.32 Å². The van der Waals surface area contributed by atoms with Gasteiger partial charge in [0.15, 0.2) is 0 Å². The lowest BCUT2D eigenvalue weighted by Gasteiger charge is -2.15. The van der Waals surface area contributed by atoms with Crippen LogP contribution in [0.1, 0.15) is 0 Å². The summed E-state index contributed by atoms with van der Waals surface area (Å²) in [4.78, 5) is 9.82. The summed E-state index contributed by atoms with van der Waals surface area (Å²) in [5.74, 6) is 0. The molecular weight excluding hydrogens is 166 g/mol. The van der Waals surface area contributed by atoms with Crippen LogP contribution in [0.3, 0.4) is 0 Å². The topological polar surface area (TPSA) is 32.3 Å². The van der Waals surface area contributed by atoms with Crippen LogP contribution >= 0.6 is 0 Å². The molecule has 12 heavy (non-hydrogen) atoms. The van der Waals surface area contributed by atoms with Crippen molar-refractivity contribution in [3.8, 4) is 0 Å². The second-order valence-electron chi connectivity index (χ2n) is 3.39. The molecular formula is C9H15NOSi. The molecule has 0 radical (unpaired) electrons. The van der Waals surface area contributed by atoms with Gasteiger partial charge in [-0.2, -0.15) is 0 Å². The molecule has 2 nitrogen and oxygen atoms in total. The Labute approximate surface area is 74.4 Å².